The zero-order valence-electron chi connectivity index (χ0n) is 17.4. The van der Waals surface area contributed by atoms with Gasteiger partial charge in [-0.15, -0.1) is 0 Å². The molecule has 0 amide bonds. The van der Waals surface area contributed by atoms with Gasteiger partial charge in [0.15, 0.2) is 0 Å². The Morgan fingerprint density at radius 2 is 1.42 bits per heavy atom. The average molecular weight is 415 g/mol. The van der Waals surface area contributed by atoms with Crippen LogP contribution in [0.3, 0.4) is 0 Å². The molecule has 5 heteroatoms. The monoisotopic (exact) mass is 415 g/mol. The van der Waals surface area contributed by atoms with Crippen molar-refractivity contribution in [2.24, 2.45) is 5.73 Å². The standard InChI is InChI=1S/C26H25NO4/c1-30-26(29)24(27)14-17-10-12-18(13-11-17)15-25(28)31-16-23-21-8-4-2-6-19(21)20-7-3-5-9-22(20)23/h2-13,23-24H,14-16,27H2,1H3/t24-/m1/s1. The molecule has 4 rings (SSSR count). The van der Waals surface area contributed by atoms with E-state index in [2.05, 4.69) is 29.0 Å². The lowest BCUT2D eigenvalue weighted by Crippen LogP contribution is -2.33. The van der Waals surface area contributed by atoms with Crippen molar-refractivity contribution in [3.8, 4) is 11.1 Å². The van der Waals surface area contributed by atoms with E-state index in [0.29, 0.717) is 13.0 Å². The van der Waals surface area contributed by atoms with Gasteiger partial charge in [-0.3, -0.25) is 9.59 Å². The zero-order chi connectivity index (χ0) is 21.8. The van der Waals surface area contributed by atoms with E-state index in [-0.39, 0.29) is 18.3 Å². The minimum atomic E-state index is -0.696. The molecule has 0 saturated heterocycles. The molecule has 3 aromatic carbocycles. The summed E-state index contributed by atoms with van der Waals surface area (Å²) in [6, 6.07) is 23.3. The second-order valence-corrected chi connectivity index (χ2v) is 7.74. The van der Waals surface area contributed by atoms with Crippen molar-refractivity contribution in [2.75, 3.05) is 13.7 Å². The number of hydrogen-bond donors (Lipinski definition) is 1. The van der Waals surface area contributed by atoms with Gasteiger partial charge in [0.05, 0.1) is 13.5 Å². The van der Waals surface area contributed by atoms with Crippen LogP contribution in [-0.2, 0) is 31.9 Å². The van der Waals surface area contributed by atoms with Crippen molar-refractivity contribution >= 4 is 11.9 Å². The molecular formula is C26H25NO4. The van der Waals surface area contributed by atoms with Crippen LogP contribution in [0.1, 0.15) is 28.2 Å². The molecule has 0 saturated carbocycles. The van der Waals surface area contributed by atoms with Gasteiger partial charge in [-0.05, 0) is 39.8 Å². The summed E-state index contributed by atoms with van der Waals surface area (Å²) < 4.78 is 10.3. The summed E-state index contributed by atoms with van der Waals surface area (Å²) in [6.07, 6.45) is 0.581. The molecule has 0 unspecified atom stereocenters. The number of rotatable bonds is 7. The largest absolute Gasteiger partial charge is 0.468 e. The van der Waals surface area contributed by atoms with Crippen LogP contribution >= 0.6 is 0 Å². The first-order valence-electron chi connectivity index (χ1n) is 10.3. The Balaban J connectivity index is 1.36. The fourth-order valence-corrected chi connectivity index (χ4v) is 4.12. The number of ether oxygens (including phenoxy) is 2. The fraction of sp³-hybridized carbons (Fsp3) is 0.231. The molecule has 0 radical (unpaired) electrons. The van der Waals surface area contributed by atoms with E-state index in [4.69, 9.17) is 10.5 Å². The SMILES string of the molecule is COC(=O)[C@H](N)Cc1ccc(CC(=O)OCC2c3ccccc3-c3ccccc32)cc1. The number of esters is 2. The molecule has 5 nitrogen and oxygen atoms in total. The quantitative estimate of drug-likeness (QED) is 0.596. The molecule has 0 spiro atoms. The van der Waals surface area contributed by atoms with Gasteiger partial charge in [0, 0.05) is 5.92 Å². The highest BCUT2D eigenvalue weighted by molar-refractivity contribution is 5.79. The first kappa shape index (κ1) is 20.8. The van der Waals surface area contributed by atoms with Crippen LogP contribution in [-0.4, -0.2) is 31.7 Å². The summed E-state index contributed by atoms with van der Waals surface area (Å²) in [4.78, 5) is 23.9. The van der Waals surface area contributed by atoms with Crippen LogP contribution in [0.2, 0.25) is 0 Å². The summed E-state index contributed by atoms with van der Waals surface area (Å²) in [6.45, 7) is 0.318. The van der Waals surface area contributed by atoms with E-state index in [1.165, 1.54) is 29.4 Å². The molecule has 0 fully saturated rings. The van der Waals surface area contributed by atoms with E-state index in [1.807, 2.05) is 48.5 Å². The molecule has 0 aromatic heterocycles. The number of carbonyl (C=O) groups excluding carboxylic acids is 2. The number of methoxy groups -OCH3 is 1. The Kier molecular flexibility index (Phi) is 6.14. The van der Waals surface area contributed by atoms with Crippen LogP contribution in [0.25, 0.3) is 11.1 Å². The van der Waals surface area contributed by atoms with Crippen molar-refractivity contribution in [1.29, 1.82) is 0 Å². The maximum absolute atomic E-state index is 12.5. The van der Waals surface area contributed by atoms with E-state index < -0.39 is 12.0 Å². The lowest BCUT2D eigenvalue weighted by atomic mass is 9.98. The van der Waals surface area contributed by atoms with Gasteiger partial charge in [0.1, 0.15) is 12.6 Å². The first-order valence-corrected chi connectivity index (χ1v) is 10.3. The molecule has 31 heavy (non-hydrogen) atoms. The summed E-state index contributed by atoms with van der Waals surface area (Å²) in [5.41, 5.74) is 12.4. The zero-order valence-corrected chi connectivity index (χ0v) is 17.4. The predicted molar refractivity (Wildman–Crippen MR) is 119 cm³/mol. The van der Waals surface area contributed by atoms with Crippen molar-refractivity contribution in [3.63, 3.8) is 0 Å². The third kappa shape index (κ3) is 4.52. The van der Waals surface area contributed by atoms with Gasteiger partial charge in [0.2, 0.25) is 0 Å². The Morgan fingerprint density at radius 1 is 0.871 bits per heavy atom. The summed E-state index contributed by atoms with van der Waals surface area (Å²) >= 11 is 0. The molecule has 0 heterocycles. The molecule has 1 aliphatic carbocycles. The summed E-state index contributed by atoms with van der Waals surface area (Å²) in [7, 11) is 1.32. The van der Waals surface area contributed by atoms with E-state index in [1.54, 1.807) is 0 Å². The molecule has 158 valence electrons. The Hall–Kier alpha value is -3.44. The minimum Gasteiger partial charge on any atom is -0.468 e. The molecule has 1 atom stereocenters. The van der Waals surface area contributed by atoms with Gasteiger partial charge >= 0.3 is 11.9 Å². The van der Waals surface area contributed by atoms with E-state index in [9.17, 15) is 9.59 Å². The van der Waals surface area contributed by atoms with E-state index in [0.717, 1.165) is 11.1 Å². The van der Waals surface area contributed by atoms with Gasteiger partial charge in [-0.25, -0.2) is 0 Å². The highest BCUT2D eigenvalue weighted by Crippen LogP contribution is 2.44. The van der Waals surface area contributed by atoms with Gasteiger partial charge in [-0.1, -0.05) is 72.8 Å². The number of hydrogen-bond acceptors (Lipinski definition) is 5. The number of benzene rings is 3. The van der Waals surface area contributed by atoms with Crippen molar-refractivity contribution in [1.82, 2.24) is 0 Å². The molecule has 1 aliphatic rings. The molecule has 2 N–H and O–H groups in total. The van der Waals surface area contributed by atoms with Gasteiger partial charge < -0.3 is 15.2 Å². The van der Waals surface area contributed by atoms with Crippen LogP contribution in [0, 0.1) is 0 Å². The van der Waals surface area contributed by atoms with Gasteiger partial charge in [-0.2, -0.15) is 0 Å². The second kappa shape index (κ2) is 9.14. The van der Waals surface area contributed by atoms with Crippen molar-refractivity contribution < 1.29 is 19.1 Å². The summed E-state index contributed by atoms with van der Waals surface area (Å²) in [5.74, 6) is -0.651. The first-order chi connectivity index (χ1) is 15.1. The molecular weight excluding hydrogens is 390 g/mol. The number of carbonyl (C=O) groups is 2. The Bertz CT molecular complexity index is 1050. The Morgan fingerprint density at radius 3 is 2.00 bits per heavy atom. The van der Waals surface area contributed by atoms with Crippen LogP contribution < -0.4 is 5.73 Å². The lowest BCUT2D eigenvalue weighted by Gasteiger charge is -2.14. The Labute approximate surface area is 181 Å². The third-order valence-electron chi connectivity index (χ3n) is 5.70. The molecule has 0 aliphatic heterocycles. The number of nitrogens with two attached hydrogens (primary N) is 1. The van der Waals surface area contributed by atoms with Gasteiger partial charge in [0.25, 0.3) is 0 Å². The van der Waals surface area contributed by atoms with Crippen LogP contribution in [0.4, 0.5) is 0 Å². The van der Waals surface area contributed by atoms with E-state index >= 15 is 0 Å². The number of fused-ring (bicyclic) bond motifs is 3. The van der Waals surface area contributed by atoms with Crippen molar-refractivity contribution in [3.05, 3.63) is 95.1 Å². The average Bonchev–Trinajstić information content (AvgIpc) is 3.12. The third-order valence-corrected chi connectivity index (χ3v) is 5.70. The predicted octanol–water partition coefficient (Wildman–Crippen LogP) is 3.63. The second-order valence-electron chi connectivity index (χ2n) is 7.74. The summed E-state index contributed by atoms with van der Waals surface area (Å²) in [5, 5.41) is 0. The molecule has 3 aromatic rings. The molecule has 0 bridgehead atoms. The highest BCUT2D eigenvalue weighted by Gasteiger charge is 2.29. The van der Waals surface area contributed by atoms with Crippen LogP contribution in [0.15, 0.2) is 72.8 Å². The van der Waals surface area contributed by atoms with Crippen molar-refractivity contribution in [2.45, 2.75) is 24.8 Å². The fourth-order valence-electron chi connectivity index (χ4n) is 4.12. The maximum Gasteiger partial charge on any atom is 0.322 e. The normalized spacial score (nSPS) is 13.2. The topological polar surface area (TPSA) is 78.6 Å². The maximum atomic E-state index is 12.5. The smallest absolute Gasteiger partial charge is 0.322 e. The van der Waals surface area contributed by atoms with Crippen LogP contribution in [0.5, 0.6) is 0 Å². The minimum absolute atomic E-state index is 0.0542. The lowest BCUT2D eigenvalue weighted by molar-refractivity contribution is -0.143. The highest BCUT2D eigenvalue weighted by atomic mass is 16.5.